The summed E-state index contributed by atoms with van der Waals surface area (Å²) in [5, 5.41) is 2.34. The molecule has 3 nitrogen and oxygen atoms in total. The van der Waals surface area contributed by atoms with Crippen LogP contribution in [0.5, 0.6) is 0 Å². The van der Waals surface area contributed by atoms with Gasteiger partial charge in [0.2, 0.25) is 0 Å². The number of nitrogens with zero attached hydrogens (tertiary/aromatic N) is 3. The van der Waals surface area contributed by atoms with Crippen molar-refractivity contribution in [2.45, 2.75) is 52.5 Å². The molecule has 0 saturated heterocycles. The van der Waals surface area contributed by atoms with Gasteiger partial charge in [-0.15, -0.1) is 0 Å². The number of aliphatic imine (C=N–C) groups is 1. The summed E-state index contributed by atoms with van der Waals surface area (Å²) in [5.74, 6) is 0. The lowest BCUT2D eigenvalue weighted by molar-refractivity contribution is 0.341. The molecule has 3 heteroatoms. The van der Waals surface area contributed by atoms with E-state index in [1.54, 1.807) is 0 Å². The van der Waals surface area contributed by atoms with Crippen LogP contribution >= 0.6 is 0 Å². The van der Waals surface area contributed by atoms with Crippen LogP contribution in [0, 0.1) is 5.41 Å². The third kappa shape index (κ3) is 7.59. The molecule has 0 bridgehead atoms. The fourth-order valence-electron chi connectivity index (χ4n) is 9.87. The highest BCUT2D eigenvalue weighted by Crippen LogP contribution is 2.50. The average molecular weight is 816 g/mol. The van der Waals surface area contributed by atoms with Crippen molar-refractivity contribution in [3.63, 3.8) is 0 Å². The first kappa shape index (κ1) is 39.9. The summed E-state index contributed by atoms with van der Waals surface area (Å²) in [6.45, 7) is 11.7. The zero-order valence-electron chi connectivity index (χ0n) is 36.5. The van der Waals surface area contributed by atoms with Gasteiger partial charge in [0.25, 0.3) is 0 Å². The Balaban J connectivity index is 0.989. The quantitative estimate of drug-likeness (QED) is 0.145. The van der Waals surface area contributed by atoms with E-state index in [4.69, 9.17) is 11.6 Å². The molecule has 8 aromatic carbocycles. The summed E-state index contributed by atoms with van der Waals surface area (Å²) < 4.78 is 0. The molecule has 308 valence electrons. The summed E-state index contributed by atoms with van der Waals surface area (Å²) in [7, 11) is 0. The van der Waals surface area contributed by atoms with Crippen LogP contribution in [0.25, 0.3) is 55.4 Å². The van der Waals surface area contributed by atoms with Gasteiger partial charge in [0.15, 0.2) is 0 Å². The average Bonchev–Trinajstić information content (AvgIpc) is 3.35. The topological polar surface area (TPSA) is 18.8 Å². The van der Waals surface area contributed by atoms with Gasteiger partial charge in [0, 0.05) is 40.7 Å². The Bertz CT molecular complexity index is 2910. The second-order valence-electron chi connectivity index (χ2n) is 17.2. The Morgan fingerprint density at radius 2 is 1.11 bits per heavy atom. The molecule has 0 amide bonds. The van der Waals surface area contributed by atoms with Crippen molar-refractivity contribution >= 4 is 51.0 Å². The maximum absolute atomic E-state index is 5.02. The largest absolute Gasteiger partial charge is 0.338 e. The second-order valence-corrected chi connectivity index (χ2v) is 17.2. The van der Waals surface area contributed by atoms with Crippen LogP contribution in [0.1, 0.15) is 56.7 Å². The lowest BCUT2D eigenvalue weighted by Gasteiger charge is -2.38. The predicted molar refractivity (Wildman–Crippen MR) is 270 cm³/mol. The standard InChI is InChI=1S/C60H53N3/c1-5-60(6-2)36-35-48-19-13-14-20-57(48)58-39-54(33-34-56(58)43(60)4)62-41-59(61-40-42(62)3)51-22-21-50-38-55(32-27-49(50)37-51)63(52-28-23-46(24-29-52)44-15-9-7-10-16-44)53-30-25-47(26-31-53)45-17-11-8-12-18-45/h7-34,37-42H,4-6,35-36H2,1-3H3. The molecule has 0 aromatic heterocycles. The number of allylic oxidation sites excluding steroid dienone is 1. The highest BCUT2D eigenvalue weighted by molar-refractivity contribution is 5.94. The molecule has 1 unspecified atom stereocenters. The predicted octanol–water partition coefficient (Wildman–Crippen LogP) is 16.4. The van der Waals surface area contributed by atoms with E-state index in [-0.39, 0.29) is 11.5 Å². The van der Waals surface area contributed by atoms with Crippen molar-refractivity contribution in [2.75, 3.05) is 9.80 Å². The first-order valence-corrected chi connectivity index (χ1v) is 22.5. The minimum absolute atomic E-state index is 0.0966. The highest BCUT2D eigenvalue weighted by atomic mass is 15.2. The normalized spacial score (nSPS) is 15.5. The number of rotatable bonds is 9. The van der Waals surface area contributed by atoms with E-state index in [0.29, 0.717) is 0 Å². The smallest absolute Gasteiger partial charge is 0.0861 e. The molecule has 0 radical (unpaired) electrons. The maximum atomic E-state index is 5.02. The van der Waals surface area contributed by atoms with Gasteiger partial charge in [-0.25, -0.2) is 0 Å². The number of benzene rings is 8. The SMILES string of the molecule is C=C1c2ccc(N3C=C(c4ccc5cc(N(c6ccc(-c7ccccc7)cc6)c6ccc(-c7ccccc7)cc6)ccc5c4)N=CC3C)cc2-c2ccccc2CCC1(CC)CC. The number of aryl methyl sites for hydroxylation is 1. The Labute approximate surface area is 373 Å². The van der Waals surface area contributed by atoms with Gasteiger partial charge in [-0.3, -0.25) is 4.99 Å². The summed E-state index contributed by atoms with van der Waals surface area (Å²) in [5.41, 5.74) is 18.0. The first-order valence-electron chi connectivity index (χ1n) is 22.5. The molecule has 0 saturated carbocycles. The van der Waals surface area contributed by atoms with E-state index >= 15 is 0 Å². The third-order valence-electron chi connectivity index (χ3n) is 13.8. The van der Waals surface area contributed by atoms with Gasteiger partial charge in [-0.2, -0.15) is 0 Å². The lowest BCUT2D eigenvalue weighted by atomic mass is 9.67. The molecule has 2 aliphatic rings. The number of hydrogen-bond acceptors (Lipinski definition) is 3. The fourth-order valence-corrected chi connectivity index (χ4v) is 9.87. The second kappa shape index (κ2) is 16.9. The molecular formula is C60H53N3. The number of fused-ring (bicyclic) bond motifs is 4. The monoisotopic (exact) mass is 815 g/mol. The van der Waals surface area contributed by atoms with Crippen LogP contribution in [0.2, 0.25) is 0 Å². The third-order valence-corrected chi connectivity index (χ3v) is 13.8. The molecule has 63 heavy (non-hydrogen) atoms. The highest BCUT2D eigenvalue weighted by Gasteiger charge is 2.34. The minimum atomic E-state index is 0.0966. The Morgan fingerprint density at radius 3 is 1.76 bits per heavy atom. The van der Waals surface area contributed by atoms with Crippen molar-refractivity contribution in [1.29, 1.82) is 0 Å². The van der Waals surface area contributed by atoms with Crippen LogP contribution in [-0.4, -0.2) is 12.3 Å². The molecular weight excluding hydrogens is 763 g/mol. The number of anilines is 4. The Kier molecular flexibility index (Phi) is 10.7. The summed E-state index contributed by atoms with van der Waals surface area (Å²) in [4.78, 5) is 9.75. The van der Waals surface area contributed by atoms with Crippen molar-refractivity contribution in [3.8, 4) is 33.4 Å². The van der Waals surface area contributed by atoms with Crippen molar-refractivity contribution < 1.29 is 0 Å². The van der Waals surface area contributed by atoms with Crippen LogP contribution in [0.15, 0.2) is 206 Å². The zero-order chi connectivity index (χ0) is 42.9. The van der Waals surface area contributed by atoms with Gasteiger partial charge in [0.1, 0.15) is 0 Å². The first-order chi connectivity index (χ1) is 30.9. The van der Waals surface area contributed by atoms with Gasteiger partial charge in [-0.1, -0.05) is 154 Å². The molecule has 8 aromatic rings. The fraction of sp³-hybridized carbons (Fsp3) is 0.150. The minimum Gasteiger partial charge on any atom is -0.338 e. The van der Waals surface area contributed by atoms with Gasteiger partial charge < -0.3 is 9.80 Å². The lowest BCUT2D eigenvalue weighted by Crippen LogP contribution is -2.32. The maximum Gasteiger partial charge on any atom is 0.0861 e. The van der Waals surface area contributed by atoms with Crippen molar-refractivity contribution in [1.82, 2.24) is 0 Å². The van der Waals surface area contributed by atoms with E-state index in [1.807, 2.05) is 0 Å². The molecule has 1 heterocycles. The molecule has 0 spiro atoms. The molecule has 1 atom stereocenters. The van der Waals surface area contributed by atoms with E-state index in [0.717, 1.165) is 59.7 Å². The Hall–Kier alpha value is -7.23. The summed E-state index contributed by atoms with van der Waals surface area (Å²) in [6.07, 6.45) is 8.68. The van der Waals surface area contributed by atoms with Crippen LogP contribution < -0.4 is 9.80 Å². The van der Waals surface area contributed by atoms with Crippen LogP contribution in [0.3, 0.4) is 0 Å². The Morgan fingerprint density at radius 1 is 0.556 bits per heavy atom. The molecule has 0 fully saturated rings. The van der Waals surface area contributed by atoms with Crippen molar-refractivity contribution in [2.24, 2.45) is 10.4 Å². The summed E-state index contributed by atoms with van der Waals surface area (Å²) >= 11 is 0. The molecule has 1 aliphatic heterocycles. The van der Waals surface area contributed by atoms with Crippen LogP contribution in [0.4, 0.5) is 22.7 Å². The van der Waals surface area contributed by atoms with E-state index < -0.39 is 0 Å². The van der Waals surface area contributed by atoms with E-state index in [9.17, 15) is 0 Å². The molecule has 0 N–H and O–H groups in total. The van der Waals surface area contributed by atoms with Crippen molar-refractivity contribution in [3.05, 3.63) is 218 Å². The van der Waals surface area contributed by atoms with Gasteiger partial charge in [-0.05, 0) is 153 Å². The van der Waals surface area contributed by atoms with E-state index in [2.05, 4.69) is 231 Å². The number of hydrogen-bond donors (Lipinski definition) is 0. The van der Waals surface area contributed by atoms with E-state index in [1.165, 1.54) is 60.9 Å². The van der Waals surface area contributed by atoms with Crippen LogP contribution in [-0.2, 0) is 6.42 Å². The zero-order valence-corrected chi connectivity index (χ0v) is 36.5. The summed E-state index contributed by atoms with van der Waals surface area (Å²) in [6, 6.07) is 68.5. The molecule has 10 rings (SSSR count). The molecule has 1 aliphatic carbocycles. The van der Waals surface area contributed by atoms with Gasteiger partial charge >= 0.3 is 0 Å². The van der Waals surface area contributed by atoms with Gasteiger partial charge in [0.05, 0.1) is 11.7 Å².